The zero-order valence-corrected chi connectivity index (χ0v) is 11.7. The Morgan fingerprint density at radius 3 is 2.40 bits per heavy atom. The van der Waals surface area contributed by atoms with Gasteiger partial charge in [-0.3, -0.25) is 6.08 Å². The predicted octanol–water partition coefficient (Wildman–Crippen LogP) is 0.236. The van der Waals surface area contributed by atoms with E-state index in [1.807, 2.05) is 6.07 Å². The Balaban J connectivity index is 0.000000980. The largest absolute Gasteiger partial charge is 2.00 e. The predicted molar refractivity (Wildman–Crippen MR) is 61.8 cm³/mol. The summed E-state index contributed by atoms with van der Waals surface area (Å²) < 4.78 is 0. The summed E-state index contributed by atoms with van der Waals surface area (Å²) in [5.74, 6) is 0. The van der Waals surface area contributed by atoms with Crippen LogP contribution < -0.4 is 17.0 Å². The van der Waals surface area contributed by atoms with Gasteiger partial charge in [-0.05, 0) is 5.56 Å². The van der Waals surface area contributed by atoms with Crippen molar-refractivity contribution in [2.45, 2.75) is 19.3 Å². The molecule has 0 nitrogen and oxygen atoms in total. The Hall–Kier alpha value is -0.0538. The van der Waals surface area contributed by atoms with Crippen LogP contribution in [0.4, 0.5) is 0 Å². The average molecular weight is 273 g/mol. The fraction of sp³-hybridized carbons (Fsp3) is 0.231. The van der Waals surface area contributed by atoms with E-state index in [1.54, 1.807) is 0 Å². The maximum absolute atomic E-state index is 3.36. The number of halogens is 1. The van der Waals surface area contributed by atoms with Crippen molar-refractivity contribution in [1.29, 1.82) is 0 Å². The van der Waals surface area contributed by atoms with Gasteiger partial charge in [-0.1, -0.05) is 43.2 Å². The fourth-order valence-corrected chi connectivity index (χ4v) is 1.52. The monoisotopic (exact) mass is 272 g/mol. The van der Waals surface area contributed by atoms with Crippen LogP contribution in [0.3, 0.4) is 0 Å². The van der Waals surface area contributed by atoms with E-state index in [0.29, 0.717) is 0 Å². The van der Waals surface area contributed by atoms with Gasteiger partial charge in [0.25, 0.3) is 0 Å². The van der Waals surface area contributed by atoms with Crippen LogP contribution in [0, 0.1) is 6.08 Å². The third-order valence-electron chi connectivity index (χ3n) is 2.25. The van der Waals surface area contributed by atoms with Crippen LogP contribution in [0.2, 0.25) is 0 Å². The van der Waals surface area contributed by atoms with Crippen LogP contribution >= 0.6 is 0 Å². The van der Waals surface area contributed by atoms with Gasteiger partial charge in [-0.25, -0.2) is 11.6 Å². The van der Waals surface area contributed by atoms with Gasteiger partial charge >= 0.3 is 23.1 Å². The molecular formula is C13H13BrMg. The SMILES string of the molecule is [Br-].[C-]1=C(C=Cc2ccccc2)CCC1.[Mg+2]. The molecule has 0 atom stereocenters. The van der Waals surface area contributed by atoms with Gasteiger partial charge in [0.15, 0.2) is 0 Å². The van der Waals surface area contributed by atoms with E-state index >= 15 is 0 Å². The molecule has 0 aromatic heterocycles. The van der Waals surface area contributed by atoms with Crippen molar-refractivity contribution < 1.29 is 17.0 Å². The Morgan fingerprint density at radius 2 is 1.80 bits per heavy atom. The Morgan fingerprint density at radius 1 is 1.07 bits per heavy atom. The summed E-state index contributed by atoms with van der Waals surface area (Å²) in [6.45, 7) is 0. The minimum Gasteiger partial charge on any atom is -1.00 e. The van der Waals surface area contributed by atoms with E-state index in [1.165, 1.54) is 24.0 Å². The van der Waals surface area contributed by atoms with Crippen molar-refractivity contribution in [1.82, 2.24) is 0 Å². The molecule has 0 saturated heterocycles. The van der Waals surface area contributed by atoms with Gasteiger partial charge in [0, 0.05) is 0 Å². The summed E-state index contributed by atoms with van der Waals surface area (Å²) in [5.41, 5.74) is 2.63. The van der Waals surface area contributed by atoms with Gasteiger partial charge in [0.2, 0.25) is 0 Å². The maximum atomic E-state index is 3.36. The molecule has 0 saturated carbocycles. The molecule has 0 N–H and O–H groups in total. The van der Waals surface area contributed by atoms with Crippen molar-refractivity contribution >= 4 is 29.1 Å². The number of hydrogen-bond donors (Lipinski definition) is 0. The zero-order valence-electron chi connectivity index (χ0n) is 8.75. The first-order valence-electron chi connectivity index (χ1n) is 4.78. The van der Waals surface area contributed by atoms with E-state index in [0.717, 1.165) is 6.42 Å². The van der Waals surface area contributed by atoms with Crippen LogP contribution in [-0.4, -0.2) is 23.1 Å². The average Bonchev–Trinajstić information content (AvgIpc) is 2.69. The molecule has 1 aliphatic rings. The summed E-state index contributed by atoms with van der Waals surface area (Å²) in [6, 6.07) is 10.4. The second kappa shape index (κ2) is 8.14. The number of rotatable bonds is 2. The summed E-state index contributed by atoms with van der Waals surface area (Å²) >= 11 is 0. The molecule has 0 aliphatic heterocycles. The Labute approximate surface area is 118 Å². The summed E-state index contributed by atoms with van der Waals surface area (Å²) in [5, 5.41) is 0. The first-order chi connectivity index (χ1) is 6.45. The number of allylic oxidation sites excluding steroid dienone is 3. The minimum absolute atomic E-state index is 0. The van der Waals surface area contributed by atoms with E-state index in [2.05, 4.69) is 42.5 Å². The third kappa shape index (κ3) is 5.00. The van der Waals surface area contributed by atoms with Crippen LogP contribution in [-0.2, 0) is 0 Å². The zero-order chi connectivity index (χ0) is 8.93. The summed E-state index contributed by atoms with van der Waals surface area (Å²) in [6.07, 6.45) is 11.3. The standard InChI is InChI=1S/C13H13.BrH.Mg/c1-2-6-12(7-3-1)10-11-13-8-4-5-9-13;;/h1-3,6-7,10-11H,4-5,8H2;1H;/q-1;;+2/p-1. The van der Waals surface area contributed by atoms with Crippen molar-refractivity contribution in [3.63, 3.8) is 0 Å². The first kappa shape index (κ1) is 14.9. The smallest absolute Gasteiger partial charge is 1.00 e. The molecular weight excluding hydrogens is 260 g/mol. The second-order valence-corrected chi connectivity index (χ2v) is 3.30. The third-order valence-corrected chi connectivity index (χ3v) is 2.25. The van der Waals surface area contributed by atoms with Crippen LogP contribution in [0.1, 0.15) is 24.8 Å². The fourth-order valence-electron chi connectivity index (χ4n) is 1.52. The van der Waals surface area contributed by atoms with Crippen LogP contribution in [0.25, 0.3) is 6.08 Å². The summed E-state index contributed by atoms with van der Waals surface area (Å²) in [4.78, 5) is 0. The maximum Gasteiger partial charge on any atom is 2.00 e. The molecule has 0 fully saturated rings. The minimum atomic E-state index is 0. The van der Waals surface area contributed by atoms with E-state index in [9.17, 15) is 0 Å². The molecule has 74 valence electrons. The van der Waals surface area contributed by atoms with Gasteiger partial charge in [0.1, 0.15) is 0 Å². The molecule has 0 unspecified atom stereocenters. The molecule has 0 bridgehead atoms. The van der Waals surface area contributed by atoms with Gasteiger partial charge in [-0.15, -0.1) is 12.5 Å². The summed E-state index contributed by atoms with van der Waals surface area (Å²) in [7, 11) is 0. The normalized spacial score (nSPS) is 14.3. The molecule has 2 rings (SSSR count). The molecule has 1 aromatic rings. The molecule has 15 heavy (non-hydrogen) atoms. The number of benzene rings is 1. The van der Waals surface area contributed by atoms with E-state index in [-0.39, 0.29) is 40.0 Å². The molecule has 1 aromatic carbocycles. The quantitative estimate of drug-likeness (QED) is 0.535. The second-order valence-electron chi connectivity index (χ2n) is 3.30. The van der Waals surface area contributed by atoms with Crippen LogP contribution in [0.5, 0.6) is 0 Å². The van der Waals surface area contributed by atoms with Crippen molar-refractivity contribution in [3.05, 3.63) is 53.6 Å². The van der Waals surface area contributed by atoms with Gasteiger partial charge < -0.3 is 17.0 Å². The molecule has 2 heteroatoms. The van der Waals surface area contributed by atoms with E-state index < -0.39 is 0 Å². The number of hydrogen-bond acceptors (Lipinski definition) is 0. The molecule has 0 radical (unpaired) electrons. The van der Waals surface area contributed by atoms with E-state index in [4.69, 9.17) is 0 Å². The Bertz CT molecular complexity index is 328. The van der Waals surface area contributed by atoms with Gasteiger partial charge in [-0.2, -0.15) is 0 Å². The topological polar surface area (TPSA) is 0 Å². The van der Waals surface area contributed by atoms with Crippen LogP contribution in [0.15, 0.2) is 42.0 Å². The molecule has 1 aliphatic carbocycles. The van der Waals surface area contributed by atoms with Crippen molar-refractivity contribution in [2.75, 3.05) is 0 Å². The molecule has 0 heterocycles. The Kier molecular flexibility index (Phi) is 8.11. The van der Waals surface area contributed by atoms with Gasteiger partial charge in [0.05, 0.1) is 0 Å². The van der Waals surface area contributed by atoms with Crippen molar-refractivity contribution in [2.24, 2.45) is 0 Å². The molecule has 0 amide bonds. The van der Waals surface area contributed by atoms with Crippen molar-refractivity contribution in [3.8, 4) is 0 Å². The first-order valence-corrected chi connectivity index (χ1v) is 4.78. The molecule has 0 spiro atoms.